The molecule has 2 aromatic heterocycles. The Hall–Kier alpha value is -1.20. The molecule has 2 aromatic rings. The number of hydrogen-bond acceptors (Lipinski definition) is 5. The molecule has 2 rings (SSSR count). The van der Waals surface area contributed by atoms with Crippen molar-refractivity contribution in [2.75, 3.05) is 0 Å². The van der Waals surface area contributed by atoms with Gasteiger partial charge in [-0.3, -0.25) is 0 Å². The van der Waals surface area contributed by atoms with E-state index in [9.17, 15) is 0 Å². The van der Waals surface area contributed by atoms with Gasteiger partial charge in [-0.25, -0.2) is 0 Å². The second-order valence-corrected chi connectivity index (χ2v) is 3.76. The summed E-state index contributed by atoms with van der Waals surface area (Å²) < 4.78 is 8.90. The number of nitrogens with zero attached hydrogens (tertiary/aromatic N) is 2. The van der Waals surface area contributed by atoms with Gasteiger partial charge >= 0.3 is 0 Å². The van der Waals surface area contributed by atoms with Gasteiger partial charge in [-0.2, -0.15) is 0 Å². The maximum absolute atomic E-state index is 6.05. The van der Waals surface area contributed by atoms with Gasteiger partial charge in [-0.05, 0) is 24.0 Å². The summed E-state index contributed by atoms with van der Waals surface area (Å²) in [5, 5.41) is 4.02. The summed E-state index contributed by atoms with van der Waals surface area (Å²) in [6.45, 7) is 2.04. The number of nitrogens with two attached hydrogens (primary N) is 1. The third-order valence-corrected chi connectivity index (χ3v) is 2.95. The summed E-state index contributed by atoms with van der Waals surface area (Å²) in [5.41, 5.74) is 7.99. The van der Waals surface area contributed by atoms with E-state index in [2.05, 4.69) is 9.59 Å². The van der Waals surface area contributed by atoms with Crippen molar-refractivity contribution in [1.29, 1.82) is 0 Å². The molecule has 2 N–H and O–H groups in total. The van der Waals surface area contributed by atoms with Gasteiger partial charge in [-0.1, -0.05) is 11.4 Å². The SMILES string of the molecule is CCc1nnsc1C(N)c1ccoc1. The maximum Gasteiger partial charge on any atom is 0.0954 e. The second kappa shape index (κ2) is 3.89. The summed E-state index contributed by atoms with van der Waals surface area (Å²) in [7, 11) is 0. The monoisotopic (exact) mass is 209 g/mol. The topological polar surface area (TPSA) is 64.9 Å². The van der Waals surface area contributed by atoms with E-state index in [4.69, 9.17) is 10.2 Å². The minimum atomic E-state index is -0.163. The molecule has 0 amide bonds. The molecule has 74 valence electrons. The van der Waals surface area contributed by atoms with Crippen molar-refractivity contribution in [1.82, 2.24) is 9.59 Å². The van der Waals surface area contributed by atoms with Crippen molar-refractivity contribution in [2.45, 2.75) is 19.4 Å². The van der Waals surface area contributed by atoms with E-state index in [1.165, 1.54) is 11.5 Å². The van der Waals surface area contributed by atoms with Crippen molar-refractivity contribution < 1.29 is 4.42 Å². The van der Waals surface area contributed by atoms with Crippen molar-refractivity contribution in [3.8, 4) is 0 Å². The van der Waals surface area contributed by atoms with E-state index in [-0.39, 0.29) is 6.04 Å². The lowest BCUT2D eigenvalue weighted by atomic mass is 10.1. The fourth-order valence-corrected chi connectivity index (χ4v) is 2.07. The molecule has 0 aromatic carbocycles. The molecule has 0 fully saturated rings. The lowest BCUT2D eigenvalue weighted by molar-refractivity contribution is 0.562. The Bertz CT molecular complexity index is 396. The van der Waals surface area contributed by atoms with Crippen LogP contribution in [0.4, 0.5) is 0 Å². The Morgan fingerprint density at radius 2 is 2.50 bits per heavy atom. The Labute approximate surface area is 85.9 Å². The molecule has 0 spiro atoms. The average molecular weight is 209 g/mol. The molecular formula is C9H11N3OS. The van der Waals surface area contributed by atoms with Gasteiger partial charge < -0.3 is 10.2 Å². The first-order chi connectivity index (χ1) is 6.83. The molecule has 14 heavy (non-hydrogen) atoms. The molecule has 1 atom stereocenters. The predicted octanol–water partition coefficient (Wildman–Crippen LogP) is 1.74. The number of aromatic nitrogens is 2. The van der Waals surface area contributed by atoms with E-state index in [0.29, 0.717) is 0 Å². The lowest BCUT2D eigenvalue weighted by Crippen LogP contribution is -2.11. The molecule has 0 aliphatic carbocycles. The third-order valence-electron chi connectivity index (χ3n) is 2.10. The molecule has 5 heteroatoms. The highest BCUT2D eigenvalue weighted by molar-refractivity contribution is 7.05. The Kier molecular flexibility index (Phi) is 2.60. The zero-order valence-electron chi connectivity index (χ0n) is 7.80. The van der Waals surface area contributed by atoms with E-state index < -0.39 is 0 Å². The summed E-state index contributed by atoms with van der Waals surface area (Å²) in [4.78, 5) is 1.02. The van der Waals surface area contributed by atoms with Crippen molar-refractivity contribution in [2.24, 2.45) is 5.73 Å². The van der Waals surface area contributed by atoms with Gasteiger partial charge in [0.15, 0.2) is 0 Å². The van der Waals surface area contributed by atoms with Gasteiger partial charge in [0.05, 0.1) is 29.1 Å². The second-order valence-electron chi connectivity index (χ2n) is 2.97. The molecule has 0 saturated carbocycles. The standard InChI is InChI=1S/C9H11N3OS/c1-2-7-9(14-12-11-7)8(10)6-3-4-13-5-6/h3-5,8H,2,10H2,1H3. The Morgan fingerprint density at radius 1 is 1.64 bits per heavy atom. The van der Waals surface area contributed by atoms with Crippen LogP contribution >= 0.6 is 11.5 Å². The minimum absolute atomic E-state index is 0.163. The van der Waals surface area contributed by atoms with Crippen LogP contribution in [-0.2, 0) is 6.42 Å². The average Bonchev–Trinajstić information content (AvgIpc) is 2.87. The van der Waals surface area contributed by atoms with Crippen molar-refractivity contribution in [3.05, 3.63) is 34.7 Å². The maximum atomic E-state index is 6.05. The summed E-state index contributed by atoms with van der Waals surface area (Å²) >= 11 is 1.35. The molecule has 0 radical (unpaired) electrons. The van der Waals surface area contributed by atoms with Crippen LogP contribution in [0.15, 0.2) is 23.0 Å². The van der Waals surface area contributed by atoms with Crippen LogP contribution in [0.25, 0.3) is 0 Å². The summed E-state index contributed by atoms with van der Waals surface area (Å²) in [5.74, 6) is 0. The van der Waals surface area contributed by atoms with Crippen LogP contribution in [0.1, 0.15) is 29.1 Å². The molecule has 0 aliphatic heterocycles. The fourth-order valence-electron chi connectivity index (χ4n) is 1.30. The number of hydrogen-bond donors (Lipinski definition) is 1. The van der Waals surface area contributed by atoms with E-state index in [1.54, 1.807) is 12.5 Å². The Balaban J connectivity index is 2.31. The van der Waals surface area contributed by atoms with Crippen LogP contribution in [-0.4, -0.2) is 9.59 Å². The number of rotatable bonds is 3. The highest BCUT2D eigenvalue weighted by atomic mass is 32.1. The molecule has 0 saturated heterocycles. The number of furan rings is 1. The van der Waals surface area contributed by atoms with E-state index in [0.717, 1.165) is 22.6 Å². The zero-order chi connectivity index (χ0) is 9.97. The van der Waals surface area contributed by atoms with Gasteiger partial charge in [0.2, 0.25) is 0 Å². The first-order valence-corrected chi connectivity index (χ1v) is 5.19. The first-order valence-electron chi connectivity index (χ1n) is 4.41. The largest absolute Gasteiger partial charge is 0.472 e. The van der Waals surface area contributed by atoms with Crippen LogP contribution in [0.3, 0.4) is 0 Å². The lowest BCUT2D eigenvalue weighted by Gasteiger charge is -2.06. The summed E-state index contributed by atoms with van der Waals surface area (Å²) in [6, 6.07) is 1.70. The van der Waals surface area contributed by atoms with Gasteiger partial charge in [0.1, 0.15) is 0 Å². The van der Waals surface area contributed by atoms with Crippen molar-refractivity contribution >= 4 is 11.5 Å². The molecule has 4 nitrogen and oxygen atoms in total. The van der Waals surface area contributed by atoms with Crippen LogP contribution in [0.2, 0.25) is 0 Å². The van der Waals surface area contributed by atoms with Gasteiger partial charge in [-0.15, -0.1) is 5.10 Å². The predicted molar refractivity (Wildman–Crippen MR) is 54.0 cm³/mol. The van der Waals surface area contributed by atoms with Gasteiger partial charge in [0.25, 0.3) is 0 Å². The minimum Gasteiger partial charge on any atom is -0.472 e. The van der Waals surface area contributed by atoms with E-state index >= 15 is 0 Å². The summed E-state index contributed by atoms with van der Waals surface area (Å²) in [6.07, 6.45) is 4.14. The molecule has 0 aliphatic rings. The highest BCUT2D eigenvalue weighted by Crippen LogP contribution is 2.25. The van der Waals surface area contributed by atoms with E-state index in [1.807, 2.05) is 13.0 Å². The van der Waals surface area contributed by atoms with Crippen LogP contribution < -0.4 is 5.73 Å². The molecule has 1 unspecified atom stereocenters. The third kappa shape index (κ3) is 1.56. The zero-order valence-corrected chi connectivity index (χ0v) is 8.62. The normalized spacial score (nSPS) is 13.0. The van der Waals surface area contributed by atoms with Crippen molar-refractivity contribution in [3.63, 3.8) is 0 Å². The number of aryl methyl sites for hydroxylation is 1. The first kappa shape index (κ1) is 9.36. The molecule has 0 bridgehead atoms. The molecule has 2 heterocycles. The van der Waals surface area contributed by atoms with Crippen LogP contribution in [0, 0.1) is 0 Å². The van der Waals surface area contributed by atoms with Crippen LogP contribution in [0.5, 0.6) is 0 Å². The highest BCUT2D eigenvalue weighted by Gasteiger charge is 2.16. The smallest absolute Gasteiger partial charge is 0.0954 e. The molecular weight excluding hydrogens is 198 g/mol. The Morgan fingerprint density at radius 3 is 3.14 bits per heavy atom. The fraction of sp³-hybridized carbons (Fsp3) is 0.333. The van der Waals surface area contributed by atoms with Gasteiger partial charge in [0, 0.05) is 5.56 Å². The quantitative estimate of drug-likeness (QED) is 0.836.